The van der Waals surface area contributed by atoms with Gasteiger partial charge in [-0.1, -0.05) is 23.7 Å². The van der Waals surface area contributed by atoms with Gasteiger partial charge in [0.15, 0.2) is 0 Å². The summed E-state index contributed by atoms with van der Waals surface area (Å²) >= 11 is 6.10. The molecule has 0 radical (unpaired) electrons. The molecule has 0 unspecified atom stereocenters. The molecule has 0 aliphatic carbocycles. The minimum absolute atomic E-state index is 0.0969. The molecule has 2 aromatic rings. The van der Waals surface area contributed by atoms with Crippen molar-refractivity contribution in [3.8, 4) is 5.75 Å². The number of nitrogens with one attached hydrogen (secondary N) is 2. The fraction of sp³-hybridized carbons (Fsp3) is 0.368. The van der Waals surface area contributed by atoms with Crippen molar-refractivity contribution >= 4 is 11.6 Å². The van der Waals surface area contributed by atoms with Gasteiger partial charge in [-0.05, 0) is 55.3 Å². The summed E-state index contributed by atoms with van der Waals surface area (Å²) in [6.45, 7) is 1.60. The van der Waals surface area contributed by atoms with E-state index in [1.807, 2.05) is 24.3 Å². The normalized spacial score (nSPS) is 20.8. The van der Waals surface area contributed by atoms with Crippen LogP contribution in [-0.2, 0) is 6.54 Å². The van der Waals surface area contributed by atoms with Gasteiger partial charge in [-0.3, -0.25) is 0 Å². The van der Waals surface area contributed by atoms with Gasteiger partial charge >= 0.3 is 0 Å². The molecule has 0 aromatic heterocycles. The van der Waals surface area contributed by atoms with Crippen molar-refractivity contribution < 1.29 is 9.13 Å². The van der Waals surface area contributed by atoms with Gasteiger partial charge < -0.3 is 15.4 Å². The lowest BCUT2D eigenvalue weighted by atomic mass is 9.92. The third-order valence-electron chi connectivity index (χ3n) is 4.46. The number of piperidine rings is 1. The Balaban J connectivity index is 1.74. The lowest BCUT2D eigenvalue weighted by Crippen LogP contribution is -2.45. The molecule has 1 heterocycles. The minimum atomic E-state index is -0.199. The summed E-state index contributed by atoms with van der Waals surface area (Å²) in [5.41, 5.74) is 2.00. The number of rotatable bonds is 5. The van der Waals surface area contributed by atoms with Crippen LogP contribution in [0.1, 0.15) is 30.0 Å². The van der Waals surface area contributed by atoms with Crippen LogP contribution in [0.4, 0.5) is 4.39 Å². The van der Waals surface area contributed by atoms with Crippen LogP contribution in [0.25, 0.3) is 0 Å². The Kier molecular flexibility index (Phi) is 5.72. The van der Waals surface area contributed by atoms with Gasteiger partial charge in [0, 0.05) is 29.2 Å². The molecule has 2 aromatic carbocycles. The summed E-state index contributed by atoms with van der Waals surface area (Å²) in [7, 11) is 1.66. The van der Waals surface area contributed by atoms with E-state index in [-0.39, 0.29) is 17.9 Å². The zero-order chi connectivity index (χ0) is 16.9. The van der Waals surface area contributed by atoms with Crippen LogP contribution in [0.3, 0.4) is 0 Å². The molecule has 1 aliphatic heterocycles. The Labute approximate surface area is 147 Å². The van der Waals surface area contributed by atoms with E-state index < -0.39 is 0 Å². The first kappa shape index (κ1) is 17.2. The highest BCUT2D eigenvalue weighted by Crippen LogP contribution is 2.26. The fourth-order valence-corrected chi connectivity index (χ4v) is 3.48. The Hall–Kier alpha value is -1.62. The molecule has 0 spiro atoms. The molecule has 3 rings (SSSR count). The van der Waals surface area contributed by atoms with Gasteiger partial charge in [-0.15, -0.1) is 0 Å². The monoisotopic (exact) mass is 348 g/mol. The van der Waals surface area contributed by atoms with E-state index in [1.54, 1.807) is 19.2 Å². The smallest absolute Gasteiger partial charge is 0.123 e. The van der Waals surface area contributed by atoms with Crippen LogP contribution in [-0.4, -0.2) is 19.7 Å². The molecule has 0 bridgehead atoms. The molecule has 0 amide bonds. The summed E-state index contributed by atoms with van der Waals surface area (Å²) in [5, 5.41) is 7.78. The first-order chi connectivity index (χ1) is 11.7. The number of hydrogen-bond donors (Lipinski definition) is 2. The minimum Gasteiger partial charge on any atom is -0.496 e. The molecular formula is C19H22ClFN2O. The molecule has 2 atom stereocenters. The van der Waals surface area contributed by atoms with Crippen LogP contribution in [0.2, 0.25) is 5.02 Å². The van der Waals surface area contributed by atoms with Crippen molar-refractivity contribution in [3.63, 3.8) is 0 Å². The first-order valence-electron chi connectivity index (χ1n) is 8.22. The predicted molar refractivity (Wildman–Crippen MR) is 95.0 cm³/mol. The summed E-state index contributed by atoms with van der Waals surface area (Å²) < 4.78 is 19.0. The van der Waals surface area contributed by atoms with Crippen LogP contribution in [0, 0.1) is 5.82 Å². The summed E-state index contributed by atoms with van der Waals surface area (Å²) in [6.07, 6.45) is 2.13. The van der Waals surface area contributed by atoms with Crippen molar-refractivity contribution in [3.05, 3.63) is 64.4 Å². The zero-order valence-corrected chi connectivity index (χ0v) is 14.4. The fourth-order valence-electron chi connectivity index (χ4n) is 3.28. The van der Waals surface area contributed by atoms with E-state index in [4.69, 9.17) is 16.3 Å². The maximum Gasteiger partial charge on any atom is 0.123 e. The Morgan fingerprint density at radius 2 is 2.17 bits per heavy atom. The van der Waals surface area contributed by atoms with Gasteiger partial charge in [-0.2, -0.15) is 0 Å². The molecule has 1 saturated heterocycles. The van der Waals surface area contributed by atoms with Crippen LogP contribution >= 0.6 is 11.6 Å². The second-order valence-corrected chi connectivity index (χ2v) is 6.51. The second kappa shape index (κ2) is 7.97. The number of ether oxygens (including phenoxy) is 1. The van der Waals surface area contributed by atoms with E-state index in [0.29, 0.717) is 11.6 Å². The van der Waals surface area contributed by atoms with Crippen molar-refractivity contribution in [1.29, 1.82) is 0 Å². The number of benzene rings is 2. The Morgan fingerprint density at radius 3 is 2.96 bits per heavy atom. The SMILES string of the molecule is COc1ccc(Cl)cc1CN[C@H]1CCCN[C@H]1c1cccc(F)c1. The summed E-state index contributed by atoms with van der Waals surface area (Å²) in [5.74, 6) is 0.619. The summed E-state index contributed by atoms with van der Waals surface area (Å²) in [4.78, 5) is 0. The maximum atomic E-state index is 13.6. The first-order valence-corrected chi connectivity index (χ1v) is 8.60. The molecule has 5 heteroatoms. The summed E-state index contributed by atoms with van der Waals surface area (Å²) in [6, 6.07) is 12.8. The van der Waals surface area contributed by atoms with Crippen molar-refractivity contribution in [2.24, 2.45) is 0 Å². The Bertz CT molecular complexity index is 695. The predicted octanol–water partition coefficient (Wildman–Crippen LogP) is 4.07. The van der Waals surface area contributed by atoms with Crippen molar-refractivity contribution in [2.75, 3.05) is 13.7 Å². The van der Waals surface area contributed by atoms with Gasteiger partial charge in [0.2, 0.25) is 0 Å². The highest BCUT2D eigenvalue weighted by Gasteiger charge is 2.26. The maximum absolute atomic E-state index is 13.6. The average molecular weight is 349 g/mol. The molecule has 24 heavy (non-hydrogen) atoms. The second-order valence-electron chi connectivity index (χ2n) is 6.07. The Morgan fingerprint density at radius 1 is 1.29 bits per heavy atom. The largest absolute Gasteiger partial charge is 0.496 e. The molecule has 128 valence electrons. The van der Waals surface area contributed by atoms with E-state index >= 15 is 0 Å². The standard InChI is InChI=1S/C19H22ClFN2O/c1-24-18-8-7-15(20)10-14(18)12-23-17-6-3-9-22-19(17)13-4-2-5-16(21)11-13/h2,4-5,7-8,10-11,17,19,22-23H,3,6,9,12H2,1H3/t17-,19-/m0/s1. The van der Waals surface area contributed by atoms with E-state index in [2.05, 4.69) is 10.6 Å². The van der Waals surface area contributed by atoms with Gasteiger partial charge in [0.1, 0.15) is 11.6 Å². The van der Waals surface area contributed by atoms with E-state index in [9.17, 15) is 4.39 Å². The molecule has 3 nitrogen and oxygen atoms in total. The quantitative estimate of drug-likeness (QED) is 0.854. The van der Waals surface area contributed by atoms with Crippen LogP contribution in [0.5, 0.6) is 5.75 Å². The van der Waals surface area contributed by atoms with E-state index in [1.165, 1.54) is 6.07 Å². The van der Waals surface area contributed by atoms with E-state index in [0.717, 1.165) is 36.3 Å². The average Bonchev–Trinajstić information content (AvgIpc) is 2.60. The van der Waals surface area contributed by atoms with Gasteiger partial charge in [0.05, 0.1) is 7.11 Å². The number of methoxy groups -OCH3 is 1. The molecule has 1 aliphatic rings. The van der Waals surface area contributed by atoms with Gasteiger partial charge in [-0.25, -0.2) is 4.39 Å². The number of halogens is 2. The van der Waals surface area contributed by atoms with Crippen molar-refractivity contribution in [1.82, 2.24) is 10.6 Å². The topological polar surface area (TPSA) is 33.3 Å². The van der Waals surface area contributed by atoms with Crippen LogP contribution in [0.15, 0.2) is 42.5 Å². The third kappa shape index (κ3) is 4.07. The lowest BCUT2D eigenvalue weighted by molar-refractivity contribution is 0.302. The molecule has 1 fully saturated rings. The highest BCUT2D eigenvalue weighted by atomic mass is 35.5. The molecular weight excluding hydrogens is 327 g/mol. The van der Waals surface area contributed by atoms with Gasteiger partial charge in [0.25, 0.3) is 0 Å². The lowest BCUT2D eigenvalue weighted by Gasteiger charge is -2.34. The zero-order valence-electron chi connectivity index (χ0n) is 13.7. The van der Waals surface area contributed by atoms with Crippen molar-refractivity contribution in [2.45, 2.75) is 31.5 Å². The van der Waals surface area contributed by atoms with Crippen LogP contribution < -0.4 is 15.4 Å². The molecule has 2 N–H and O–H groups in total. The third-order valence-corrected chi connectivity index (χ3v) is 4.70. The highest BCUT2D eigenvalue weighted by molar-refractivity contribution is 6.30. The number of hydrogen-bond acceptors (Lipinski definition) is 3. The molecule has 0 saturated carbocycles.